The zero-order valence-corrected chi connectivity index (χ0v) is 17.6. The smallest absolute Gasteiger partial charge is 0.251 e. The Labute approximate surface area is 172 Å². The van der Waals surface area contributed by atoms with E-state index in [1.807, 2.05) is 6.07 Å². The highest BCUT2D eigenvalue weighted by atomic mass is 16.5. The third-order valence-corrected chi connectivity index (χ3v) is 4.69. The number of carbonyl (C=O) groups excluding carboxylic acids is 1. The molecule has 1 aromatic carbocycles. The summed E-state index contributed by atoms with van der Waals surface area (Å²) in [7, 11) is 3.29. The molecule has 0 unspecified atom stereocenters. The van der Waals surface area contributed by atoms with Crippen LogP contribution < -0.4 is 20.7 Å². The highest BCUT2D eigenvalue weighted by molar-refractivity contribution is 5.94. The molecule has 0 saturated carbocycles. The van der Waals surface area contributed by atoms with Crippen molar-refractivity contribution in [2.24, 2.45) is 4.99 Å². The van der Waals surface area contributed by atoms with Crippen LogP contribution >= 0.6 is 0 Å². The highest BCUT2D eigenvalue weighted by Crippen LogP contribution is 2.22. The monoisotopic (exact) mass is 401 g/mol. The molecule has 1 aromatic heterocycles. The van der Waals surface area contributed by atoms with Crippen LogP contribution in [0.4, 0.5) is 0 Å². The van der Waals surface area contributed by atoms with Crippen LogP contribution in [0, 0.1) is 0 Å². The lowest BCUT2D eigenvalue weighted by Crippen LogP contribution is -2.41. The van der Waals surface area contributed by atoms with Crippen LogP contribution in [-0.2, 0) is 6.54 Å². The minimum absolute atomic E-state index is 0.131. The number of amides is 1. The van der Waals surface area contributed by atoms with E-state index in [0.29, 0.717) is 37.1 Å². The van der Waals surface area contributed by atoms with E-state index in [0.717, 1.165) is 30.0 Å². The summed E-state index contributed by atoms with van der Waals surface area (Å²) in [6.07, 6.45) is 2.09. The molecule has 0 bridgehead atoms. The van der Waals surface area contributed by atoms with Gasteiger partial charge in [-0.2, -0.15) is 0 Å². The van der Waals surface area contributed by atoms with E-state index >= 15 is 0 Å². The Morgan fingerprint density at radius 1 is 1.14 bits per heavy atom. The molecule has 0 aliphatic carbocycles. The molecule has 3 N–H and O–H groups in total. The first-order chi connectivity index (χ1) is 14.1. The number of guanidine groups is 1. The molecular weight excluding hydrogens is 370 g/mol. The van der Waals surface area contributed by atoms with Crippen molar-refractivity contribution in [2.75, 3.05) is 27.2 Å². The maximum absolute atomic E-state index is 12.1. The van der Waals surface area contributed by atoms with E-state index in [1.54, 1.807) is 38.4 Å². The van der Waals surface area contributed by atoms with Gasteiger partial charge >= 0.3 is 0 Å². The number of nitrogens with zero attached hydrogens (tertiary/aromatic N) is 2. The molecule has 0 fully saturated rings. The number of hydrogen-bond donors (Lipinski definition) is 3. The zero-order chi connectivity index (χ0) is 21.1. The van der Waals surface area contributed by atoms with Gasteiger partial charge in [0.2, 0.25) is 0 Å². The predicted octanol–water partition coefficient (Wildman–Crippen LogP) is 2.68. The second kappa shape index (κ2) is 11.7. The van der Waals surface area contributed by atoms with Crippen molar-refractivity contribution in [3.8, 4) is 5.75 Å². The summed E-state index contributed by atoms with van der Waals surface area (Å²) in [5, 5.41) is 13.4. The van der Waals surface area contributed by atoms with Crippen LogP contribution in [0.25, 0.3) is 0 Å². The molecule has 0 saturated heterocycles. The normalized spacial score (nSPS) is 11.4. The topological polar surface area (TPSA) is 101 Å². The van der Waals surface area contributed by atoms with Crippen molar-refractivity contribution in [2.45, 2.75) is 39.2 Å². The second-order valence-corrected chi connectivity index (χ2v) is 6.57. The van der Waals surface area contributed by atoms with Crippen molar-refractivity contribution in [3.63, 3.8) is 0 Å². The van der Waals surface area contributed by atoms with Gasteiger partial charge in [-0.1, -0.05) is 19.0 Å². The first kappa shape index (κ1) is 22.3. The first-order valence-corrected chi connectivity index (χ1v) is 9.93. The van der Waals surface area contributed by atoms with Gasteiger partial charge in [0.25, 0.3) is 5.91 Å². The van der Waals surface area contributed by atoms with Gasteiger partial charge in [-0.15, -0.1) is 0 Å². The summed E-state index contributed by atoms with van der Waals surface area (Å²) in [4.78, 5) is 16.3. The predicted molar refractivity (Wildman–Crippen MR) is 113 cm³/mol. The van der Waals surface area contributed by atoms with Gasteiger partial charge in [0.1, 0.15) is 5.75 Å². The third kappa shape index (κ3) is 6.81. The van der Waals surface area contributed by atoms with Crippen molar-refractivity contribution in [1.29, 1.82) is 0 Å². The number of rotatable bonds is 10. The molecule has 29 heavy (non-hydrogen) atoms. The quantitative estimate of drug-likeness (QED) is 0.321. The minimum atomic E-state index is -0.131. The summed E-state index contributed by atoms with van der Waals surface area (Å²) >= 11 is 0. The van der Waals surface area contributed by atoms with Crippen molar-refractivity contribution < 1.29 is 14.1 Å². The maximum atomic E-state index is 12.1. The second-order valence-electron chi connectivity index (χ2n) is 6.57. The zero-order valence-electron chi connectivity index (χ0n) is 17.6. The van der Waals surface area contributed by atoms with Crippen molar-refractivity contribution in [3.05, 3.63) is 47.3 Å². The standard InChI is InChI=1S/C21H31N5O3/c1-5-15(6-2)19-13-18(29-26-19)14-25-21(22-3)24-12-11-23-20(27)16-7-9-17(28-4)10-8-16/h7-10,13,15H,5-6,11-12,14H2,1-4H3,(H,23,27)(H2,22,24,25). The Morgan fingerprint density at radius 2 is 1.83 bits per heavy atom. The van der Waals surface area contributed by atoms with E-state index < -0.39 is 0 Å². The average Bonchev–Trinajstić information content (AvgIpc) is 3.22. The average molecular weight is 402 g/mol. The van der Waals surface area contributed by atoms with E-state index in [2.05, 4.69) is 39.9 Å². The SMILES string of the molecule is CCC(CC)c1cc(CNC(=NC)NCCNC(=O)c2ccc(OC)cc2)on1. The van der Waals surface area contributed by atoms with E-state index in [1.165, 1.54) is 0 Å². The number of aliphatic imine (C=N–C) groups is 1. The van der Waals surface area contributed by atoms with Gasteiger partial charge in [-0.05, 0) is 37.1 Å². The van der Waals surface area contributed by atoms with Gasteiger partial charge < -0.3 is 25.2 Å². The lowest BCUT2D eigenvalue weighted by molar-refractivity contribution is 0.0954. The number of benzene rings is 1. The van der Waals surface area contributed by atoms with Crippen LogP contribution in [0.15, 0.2) is 39.8 Å². The molecule has 0 radical (unpaired) electrons. The van der Waals surface area contributed by atoms with E-state index in [9.17, 15) is 4.79 Å². The Morgan fingerprint density at radius 3 is 2.45 bits per heavy atom. The summed E-state index contributed by atoms with van der Waals surface area (Å²) < 4.78 is 10.5. The van der Waals surface area contributed by atoms with Crippen LogP contribution in [0.5, 0.6) is 5.75 Å². The van der Waals surface area contributed by atoms with Crippen molar-refractivity contribution in [1.82, 2.24) is 21.1 Å². The molecule has 0 aliphatic heterocycles. The summed E-state index contributed by atoms with van der Waals surface area (Å²) in [5.41, 5.74) is 1.59. The lowest BCUT2D eigenvalue weighted by atomic mass is 9.99. The first-order valence-electron chi connectivity index (χ1n) is 9.93. The fourth-order valence-corrected chi connectivity index (χ4v) is 2.90. The number of methoxy groups -OCH3 is 1. The highest BCUT2D eigenvalue weighted by Gasteiger charge is 2.13. The lowest BCUT2D eigenvalue weighted by Gasteiger charge is -2.11. The minimum Gasteiger partial charge on any atom is -0.497 e. The molecule has 0 atom stereocenters. The van der Waals surface area contributed by atoms with Crippen LogP contribution in [-0.4, -0.2) is 44.3 Å². The van der Waals surface area contributed by atoms with Crippen LogP contribution in [0.3, 0.4) is 0 Å². The molecule has 8 heteroatoms. The Balaban J connectivity index is 1.71. The van der Waals surface area contributed by atoms with Crippen LogP contribution in [0.2, 0.25) is 0 Å². The Kier molecular flexibility index (Phi) is 9.01. The maximum Gasteiger partial charge on any atom is 0.251 e. The number of hydrogen-bond acceptors (Lipinski definition) is 5. The fourth-order valence-electron chi connectivity index (χ4n) is 2.90. The summed E-state index contributed by atoms with van der Waals surface area (Å²) in [5.74, 6) is 2.41. The summed E-state index contributed by atoms with van der Waals surface area (Å²) in [6, 6.07) is 8.98. The van der Waals surface area contributed by atoms with Gasteiger partial charge in [-0.25, -0.2) is 0 Å². The Bertz CT molecular complexity index is 782. The van der Waals surface area contributed by atoms with Gasteiger partial charge in [0.05, 0.1) is 19.3 Å². The Hall–Kier alpha value is -3.03. The van der Waals surface area contributed by atoms with Gasteiger partial charge in [0.15, 0.2) is 11.7 Å². The third-order valence-electron chi connectivity index (χ3n) is 4.69. The largest absolute Gasteiger partial charge is 0.497 e. The summed E-state index contributed by atoms with van der Waals surface area (Å²) in [6.45, 7) is 5.80. The number of aromatic nitrogens is 1. The molecule has 0 aliphatic rings. The molecular formula is C21H31N5O3. The van der Waals surface area contributed by atoms with Crippen molar-refractivity contribution >= 4 is 11.9 Å². The fraction of sp³-hybridized carbons (Fsp3) is 0.476. The molecule has 158 valence electrons. The molecule has 1 amide bonds. The van der Waals surface area contributed by atoms with Crippen LogP contribution in [0.1, 0.15) is 54.4 Å². The molecule has 2 aromatic rings. The van der Waals surface area contributed by atoms with E-state index in [4.69, 9.17) is 9.26 Å². The number of ether oxygens (including phenoxy) is 1. The molecule has 0 spiro atoms. The van der Waals surface area contributed by atoms with E-state index in [-0.39, 0.29) is 5.91 Å². The molecule has 1 heterocycles. The number of carbonyl (C=O) groups is 1. The number of nitrogens with one attached hydrogen (secondary N) is 3. The molecule has 8 nitrogen and oxygen atoms in total. The van der Waals surface area contributed by atoms with Gasteiger partial charge in [0, 0.05) is 37.7 Å². The van der Waals surface area contributed by atoms with Gasteiger partial charge in [-0.3, -0.25) is 9.79 Å². The molecule has 2 rings (SSSR count).